The molecule has 3 rings (SSSR count). The lowest BCUT2D eigenvalue weighted by Gasteiger charge is -2.11. The van der Waals surface area contributed by atoms with Gasteiger partial charge in [-0.3, -0.25) is 9.59 Å². The van der Waals surface area contributed by atoms with Gasteiger partial charge in [0.25, 0.3) is 5.56 Å². The van der Waals surface area contributed by atoms with Gasteiger partial charge in [-0.25, -0.2) is 4.68 Å². The van der Waals surface area contributed by atoms with Crippen molar-refractivity contribution in [1.29, 1.82) is 0 Å². The topological polar surface area (TPSA) is 64.0 Å². The Hall–Kier alpha value is -2.17. The second-order valence-corrected chi connectivity index (χ2v) is 6.05. The minimum atomic E-state index is -0.114. The number of carbonyl (C=O) groups excluding carboxylic acids is 1. The van der Waals surface area contributed by atoms with Crippen LogP contribution >= 0.6 is 0 Å². The highest BCUT2D eigenvalue weighted by Crippen LogP contribution is 2.27. The fourth-order valence-electron chi connectivity index (χ4n) is 3.24. The third kappa shape index (κ3) is 3.03. The number of hydrogen-bond acceptors (Lipinski definition) is 3. The van der Waals surface area contributed by atoms with Crippen LogP contribution in [0.25, 0.3) is 10.8 Å². The Kier molecular flexibility index (Phi) is 4.22. The minimum absolute atomic E-state index is 0.0756. The summed E-state index contributed by atoms with van der Waals surface area (Å²) in [5.41, 5.74) is 0.620. The monoisotopic (exact) mass is 299 g/mol. The van der Waals surface area contributed by atoms with Crippen LogP contribution in [0.4, 0.5) is 0 Å². The summed E-state index contributed by atoms with van der Waals surface area (Å²) in [4.78, 5) is 24.1. The molecule has 1 saturated carbocycles. The van der Waals surface area contributed by atoms with Crippen LogP contribution < -0.4 is 10.9 Å². The van der Waals surface area contributed by atoms with Crippen molar-refractivity contribution in [3.8, 4) is 0 Å². The molecule has 22 heavy (non-hydrogen) atoms. The Morgan fingerprint density at radius 2 is 1.95 bits per heavy atom. The zero-order chi connectivity index (χ0) is 15.5. The second-order valence-electron chi connectivity index (χ2n) is 6.05. The van der Waals surface area contributed by atoms with E-state index in [4.69, 9.17) is 0 Å². The molecule has 1 aliphatic rings. The first-order chi connectivity index (χ1) is 10.6. The van der Waals surface area contributed by atoms with Gasteiger partial charge in [0, 0.05) is 18.9 Å². The summed E-state index contributed by atoms with van der Waals surface area (Å²) in [5.74, 6) is 0.608. The molecule has 0 atom stereocenters. The molecular formula is C17H21N3O2. The quantitative estimate of drug-likeness (QED) is 0.940. The molecule has 1 aliphatic carbocycles. The van der Waals surface area contributed by atoms with E-state index in [9.17, 15) is 9.59 Å². The van der Waals surface area contributed by atoms with Crippen molar-refractivity contribution < 1.29 is 4.79 Å². The predicted molar refractivity (Wildman–Crippen MR) is 85.4 cm³/mol. The number of fused-ring (bicyclic) bond motifs is 1. The van der Waals surface area contributed by atoms with Gasteiger partial charge in [-0.05, 0) is 24.8 Å². The van der Waals surface area contributed by atoms with E-state index in [2.05, 4.69) is 10.4 Å². The number of carbonyl (C=O) groups is 1. The van der Waals surface area contributed by atoms with Crippen LogP contribution in [0.15, 0.2) is 29.1 Å². The minimum Gasteiger partial charge on any atom is -0.350 e. The normalized spacial score (nSPS) is 15.3. The summed E-state index contributed by atoms with van der Waals surface area (Å²) in [7, 11) is 1.64. The number of hydrogen-bond donors (Lipinski definition) is 1. The predicted octanol–water partition coefficient (Wildman–Crippen LogP) is 2.13. The van der Waals surface area contributed by atoms with Crippen molar-refractivity contribution in [2.24, 2.45) is 13.0 Å². The van der Waals surface area contributed by atoms with Crippen molar-refractivity contribution >= 4 is 16.7 Å². The molecule has 0 bridgehead atoms. The second kappa shape index (κ2) is 6.30. The number of amides is 1. The van der Waals surface area contributed by atoms with E-state index in [-0.39, 0.29) is 11.5 Å². The Labute approximate surface area is 129 Å². The molecule has 116 valence electrons. The van der Waals surface area contributed by atoms with E-state index >= 15 is 0 Å². The van der Waals surface area contributed by atoms with E-state index < -0.39 is 0 Å². The van der Waals surface area contributed by atoms with Gasteiger partial charge in [0.2, 0.25) is 5.91 Å². The number of rotatable bonds is 4. The van der Waals surface area contributed by atoms with Crippen molar-refractivity contribution in [1.82, 2.24) is 15.1 Å². The highest BCUT2D eigenvalue weighted by molar-refractivity contribution is 5.84. The number of nitrogens with one attached hydrogen (secondary N) is 1. The third-order valence-electron chi connectivity index (χ3n) is 4.43. The van der Waals surface area contributed by atoms with Crippen LogP contribution in [0, 0.1) is 5.92 Å². The molecule has 0 aliphatic heterocycles. The van der Waals surface area contributed by atoms with Crippen LogP contribution in [0.2, 0.25) is 0 Å². The zero-order valence-electron chi connectivity index (χ0n) is 12.8. The molecule has 1 amide bonds. The molecule has 1 fully saturated rings. The highest BCUT2D eigenvalue weighted by atomic mass is 16.1. The van der Waals surface area contributed by atoms with Crippen LogP contribution in [0.1, 0.15) is 37.8 Å². The maximum atomic E-state index is 12.1. The molecule has 0 unspecified atom stereocenters. The van der Waals surface area contributed by atoms with Crippen molar-refractivity contribution in [3.05, 3.63) is 40.3 Å². The molecule has 5 heteroatoms. The Balaban J connectivity index is 1.75. The maximum absolute atomic E-state index is 12.1. The molecule has 1 aromatic carbocycles. The summed E-state index contributed by atoms with van der Waals surface area (Å²) in [6, 6.07) is 7.39. The maximum Gasteiger partial charge on any atom is 0.274 e. The summed E-state index contributed by atoms with van der Waals surface area (Å²) >= 11 is 0. The van der Waals surface area contributed by atoms with Gasteiger partial charge in [0.05, 0.1) is 17.6 Å². The first-order valence-electron chi connectivity index (χ1n) is 7.87. The van der Waals surface area contributed by atoms with Gasteiger partial charge in [-0.2, -0.15) is 5.10 Å². The summed E-state index contributed by atoms with van der Waals surface area (Å²) in [5, 5.41) is 8.69. The molecule has 1 heterocycles. The van der Waals surface area contributed by atoms with Gasteiger partial charge in [-0.1, -0.05) is 31.0 Å². The van der Waals surface area contributed by atoms with Crippen molar-refractivity contribution in [2.75, 3.05) is 0 Å². The third-order valence-corrected chi connectivity index (χ3v) is 4.43. The summed E-state index contributed by atoms with van der Waals surface area (Å²) in [6.45, 7) is 0.361. The Morgan fingerprint density at radius 3 is 2.68 bits per heavy atom. The van der Waals surface area contributed by atoms with Crippen LogP contribution in [0.3, 0.4) is 0 Å². The number of nitrogens with zero attached hydrogens (tertiary/aromatic N) is 2. The zero-order valence-corrected chi connectivity index (χ0v) is 12.8. The Morgan fingerprint density at radius 1 is 1.27 bits per heavy atom. The summed E-state index contributed by atoms with van der Waals surface area (Å²) < 4.78 is 1.33. The lowest BCUT2D eigenvalue weighted by atomic mass is 10.0. The lowest BCUT2D eigenvalue weighted by molar-refractivity contribution is -0.122. The smallest absolute Gasteiger partial charge is 0.274 e. The standard InChI is InChI=1S/C17H21N3O2/c1-20-17(22)14-9-5-4-8-13(14)15(19-20)11-18-16(21)10-12-6-2-3-7-12/h4-5,8-9,12H,2-3,6-7,10-11H2,1H3,(H,18,21). The van der Waals surface area contributed by atoms with Gasteiger partial charge < -0.3 is 5.32 Å². The van der Waals surface area contributed by atoms with E-state index in [0.717, 1.165) is 23.9 Å². The SMILES string of the molecule is Cn1nc(CNC(=O)CC2CCCC2)c2ccccc2c1=O. The molecular weight excluding hydrogens is 278 g/mol. The first-order valence-corrected chi connectivity index (χ1v) is 7.87. The van der Waals surface area contributed by atoms with Crippen LogP contribution in [-0.2, 0) is 18.4 Å². The first kappa shape index (κ1) is 14.8. The summed E-state index contributed by atoms with van der Waals surface area (Å²) in [6.07, 6.45) is 5.41. The highest BCUT2D eigenvalue weighted by Gasteiger charge is 2.18. The Bertz CT molecular complexity index is 745. The molecule has 1 aromatic heterocycles. The molecule has 5 nitrogen and oxygen atoms in total. The molecule has 2 aromatic rings. The molecule has 0 saturated heterocycles. The van der Waals surface area contributed by atoms with Gasteiger partial charge >= 0.3 is 0 Å². The number of aromatic nitrogens is 2. The van der Waals surface area contributed by atoms with Crippen LogP contribution in [-0.4, -0.2) is 15.7 Å². The van der Waals surface area contributed by atoms with Crippen molar-refractivity contribution in [3.63, 3.8) is 0 Å². The van der Waals surface area contributed by atoms with Gasteiger partial charge in [0.1, 0.15) is 0 Å². The lowest BCUT2D eigenvalue weighted by Crippen LogP contribution is -2.28. The van der Waals surface area contributed by atoms with Crippen molar-refractivity contribution in [2.45, 2.75) is 38.6 Å². The van der Waals surface area contributed by atoms with E-state index in [1.165, 1.54) is 17.5 Å². The van der Waals surface area contributed by atoms with Gasteiger partial charge in [0.15, 0.2) is 0 Å². The van der Waals surface area contributed by atoms with E-state index in [1.807, 2.05) is 18.2 Å². The average molecular weight is 299 g/mol. The fourth-order valence-corrected chi connectivity index (χ4v) is 3.24. The van der Waals surface area contributed by atoms with E-state index in [0.29, 0.717) is 24.3 Å². The molecule has 0 radical (unpaired) electrons. The van der Waals surface area contributed by atoms with E-state index in [1.54, 1.807) is 13.1 Å². The molecule has 0 spiro atoms. The fraction of sp³-hybridized carbons (Fsp3) is 0.471. The van der Waals surface area contributed by atoms with Crippen LogP contribution in [0.5, 0.6) is 0 Å². The number of benzene rings is 1. The largest absolute Gasteiger partial charge is 0.350 e. The average Bonchev–Trinajstić information content (AvgIpc) is 3.02. The number of aryl methyl sites for hydroxylation is 1. The molecule has 1 N–H and O–H groups in total. The van der Waals surface area contributed by atoms with Gasteiger partial charge in [-0.15, -0.1) is 0 Å².